The highest BCUT2D eigenvalue weighted by atomic mass is 16.1. The summed E-state index contributed by atoms with van der Waals surface area (Å²) in [5.41, 5.74) is 7.09. The molecule has 2 rings (SSSR count). The van der Waals surface area contributed by atoms with Gasteiger partial charge >= 0.3 is 0 Å². The van der Waals surface area contributed by atoms with Gasteiger partial charge in [0.25, 0.3) is 0 Å². The van der Waals surface area contributed by atoms with E-state index in [0.29, 0.717) is 11.8 Å². The third-order valence-corrected chi connectivity index (χ3v) is 4.16. The van der Waals surface area contributed by atoms with Gasteiger partial charge in [-0.05, 0) is 43.4 Å². The van der Waals surface area contributed by atoms with Crippen LogP contribution in [0.5, 0.6) is 0 Å². The van der Waals surface area contributed by atoms with E-state index in [1.165, 1.54) is 18.4 Å². The summed E-state index contributed by atoms with van der Waals surface area (Å²) in [6.45, 7) is 4.52. The zero-order chi connectivity index (χ0) is 10.3. The second-order valence-electron chi connectivity index (χ2n) is 5.16. The maximum Gasteiger partial charge on any atom is 0.217 e. The zero-order valence-corrected chi connectivity index (χ0v) is 9.05. The molecule has 2 aliphatic carbocycles. The van der Waals surface area contributed by atoms with E-state index >= 15 is 0 Å². The van der Waals surface area contributed by atoms with Crippen molar-refractivity contribution < 1.29 is 4.79 Å². The van der Waals surface area contributed by atoms with E-state index in [9.17, 15) is 4.79 Å². The van der Waals surface area contributed by atoms with E-state index in [1.807, 2.05) is 0 Å². The van der Waals surface area contributed by atoms with Crippen molar-refractivity contribution in [2.75, 3.05) is 0 Å². The monoisotopic (exact) mass is 193 g/mol. The van der Waals surface area contributed by atoms with Crippen LogP contribution >= 0.6 is 0 Å². The maximum atomic E-state index is 10.8. The van der Waals surface area contributed by atoms with Crippen molar-refractivity contribution in [1.82, 2.24) is 0 Å². The Morgan fingerprint density at radius 1 is 1.71 bits per heavy atom. The molecule has 1 saturated carbocycles. The van der Waals surface area contributed by atoms with Crippen molar-refractivity contribution in [3.05, 3.63) is 11.6 Å². The summed E-state index contributed by atoms with van der Waals surface area (Å²) in [6, 6.07) is 0. The van der Waals surface area contributed by atoms with Crippen LogP contribution in [0.2, 0.25) is 0 Å². The van der Waals surface area contributed by atoms with Crippen molar-refractivity contribution in [1.29, 1.82) is 0 Å². The highest BCUT2D eigenvalue weighted by Crippen LogP contribution is 2.66. The molecular weight excluding hydrogens is 174 g/mol. The number of amides is 1. The SMILES string of the molecule is CC1=CC2C(CC1)C2(C)CCC(N)=O. The van der Waals surface area contributed by atoms with Crippen LogP contribution in [0.1, 0.15) is 39.5 Å². The summed E-state index contributed by atoms with van der Waals surface area (Å²) >= 11 is 0. The van der Waals surface area contributed by atoms with Gasteiger partial charge in [-0.15, -0.1) is 0 Å². The molecule has 0 aromatic carbocycles. The molecule has 2 N–H and O–H groups in total. The third kappa shape index (κ3) is 1.47. The molecule has 3 atom stereocenters. The van der Waals surface area contributed by atoms with E-state index < -0.39 is 0 Å². The van der Waals surface area contributed by atoms with Gasteiger partial charge in [-0.3, -0.25) is 4.79 Å². The molecule has 2 aliphatic rings. The Hall–Kier alpha value is -0.790. The topological polar surface area (TPSA) is 43.1 Å². The molecule has 0 spiro atoms. The van der Waals surface area contributed by atoms with E-state index in [-0.39, 0.29) is 5.91 Å². The van der Waals surface area contributed by atoms with Crippen LogP contribution in [0, 0.1) is 17.3 Å². The van der Waals surface area contributed by atoms with Gasteiger partial charge in [-0.25, -0.2) is 0 Å². The lowest BCUT2D eigenvalue weighted by Gasteiger charge is -2.08. The van der Waals surface area contributed by atoms with Crippen LogP contribution in [0.25, 0.3) is 0 Å². The number of hydrogen-bond donors (Lipinski definition) is 1. The highest BCUT2D eigenvalue weighted by Gasteiger charge is 2.59. The van der Waals surface area contributed by atoms with Crippen LogP contribution in [0.4, 0.5) is 0 Å². The van der Waals surface area contributed by atoms with E-state index in [2.05, 4.69) is 19.9 Å². The number of primary amides is 1. The Labute approximate surface area is 85.6 Å². The Bertz CT molecular complexity index is 295. The van der Waals surface area contributed by atoms with Crippen molar-refractivity contribution in [2.24, 2.45) is 23.0 Å². The fraction of sp³-hybridized carbons (Fsp3) is 0.750. The Morgan fingerprint density at radius 3 is 3.00 bits per heavy atom. The van der Waals surface area contributed by atoms with Crippen LogP contribution in [-0.2, 0) is 4.79 Å². The van der Waals surface area contributed by atoms with Crippen molar-refractivity contribution in [3.63, 3.8) is 0 Å². The number of allylic oxidation sites excluding steroid dienone is 2. The molecule has 0 radical (unpaired) electrons. The average Bonchev–Trinajstić information content (AvgIpc) is 2.69. The quantitative estimate of drug-likeness (QED) is 0.686. The second kappa shape index (κ2) is 3.11. The molecule has 0 aromatic rings. The molecule has 2 nitrogen and oxygen atoms in total. The van der Waals surface area contributed by atoms with Crippen molar-refractivity contribution in [2.45, 2.75) is 39.5 Å². The van der Waals surface area contributed by atoms with Crippen LogP contribution < -0.4 is 5.73 Å². The van der Waals surface area contributed by atoms with Gasteiger partial charge in [-0.1, -0.05) is 18.6 Å². The second-order valence-corrected chi connectivity index (χ2v) is 5.16. The van der Waals surface area contributed by atoms with Crippen molar-refractivity contribution in [3.8, 4) is 0 Å². The maximum absolute atomic E-state index is 10.8. The normalized spacial score (nSPS) is 40.0. The Kier molecular flexibility index (Phi) is 2.17. The molecule has 0 aromatic heterocycles. The van der Waals surface area contributed by atoms with Gasteiger partial charge in [0, 0.05) is 6.42 Å². The highest BCUT2D eigenvalue weighted by molar-refractivity contribution is 5.73. The predicted molar refractivity (Wildman–Crippen MR) is 56.5 cm³/mol. The molecule has 2 heteroatoms. The molecule has 78 valence electrons. The lowest BCUT2D eigenvalue weighted by Crippen LogP contribution is -2.13. The third-order valence-electron chi connectivity index (χ3n) is 4.16. The largest absolute Gasteiger partial charge is 0.370 e. The molecule has 0 bridgehead atoms. The smallest absolute Gasteiger partial charge is 0.217 e. The zero-order valence-electron chi connectivity index (χ0n) is 9.05. The summed E-state index contributed by atoms with van der Waals surface area (Å²) < 4.78 is 0. The van der Waals surface area contributed by atoms with Crippen LogP contribution in [0.15, 0.2) is 11.6 Å². The predicted octanol–water partition coefficient (Wildman–Crippen LogP) is 2.24. The molecule has 0 saturated heterocycles. The summed E-state index contributed by atoms with van der Waals surface area (Å²) in [4.78, 5) is 10.8. The standard InChI is InChI=1S/C12H19NO/c1-8-3-4-9-10(7-8)12(9,2)6-5-11(13)14/h7,9-10H,3-6H2,1-2H3,(H2,13,14). The van der Waals surface area contributed by atoms with E-state index in [4.69, 9.17) is 5.73 Å². The molecule has 14 heavy (non-hydrogen) atoms. The van der Waals surface area contributed by atoms with Gasteiger partial charge in [0.05, 0.1) is 0 Å². The summed E-state index contributed by atoms with van der Waals surface area (Å²) in [6.07, 6.45) is 6.49. The van der Waals surface area contributed by atoms with Crippen molar-refractivity contribution >= 4 is 5.91 Å². The summed E-state index contributed by atoms with van der Waals surface area (Å²) in [5.74, 6) is 1.40. The average molecular weight is 193 g/mol. The molecule has 1 amide bonds. The number of nitrogens with two attached hydrogens (primary N) is 1. The van der Waals surface area contributed by atoms with Gasteiger partial charge in [0.1, 0.15) is 0 Å². The molecule has 3 unspecified atom stereocenters. The van der Waals surface area contributed by atoms with Gasteiger partial charge in [-0.2, -0.15) is 0 Å². The van der Waals surface area contributed by atoms with E-state index in [0.717, 1.165) is 18.3 Å². The molecule has 1 fully saturated rings. The summed E-state index contributed by atoms with van der Waals surface area (Å²) in [5, 5.41) is 0. The van der Waals surface area contributed by atoms with Gasteiger partial charge < -0.3 is 5.73 Å². The first kappa shape index (κ1) is 9.75. The fourth-order valence-corrected chi connectivity index (χ4v) is 3.03. The first-order valence-electron chi connectivity index (χ1n) is 5.49. The number of hydrogen-bond acceptors (Lipinski definition) is 1. The Balaban J connectivity index is 1.97. The van der Waals surface area contributed by atoms with Gasteiger partial charge in [0.15, 0.2) is 0 Å². The first-order valence-corrected chi connectivity index (χ1v) is 5.49. The van der Waals surface area contributed by atoms with Gasteiger partial charge in [0.2, 0.25) is 5.91 Å². The number of rotatable bonds is 3. The molecular formula is C12H19NO. The van der Waals surface area contributed by atoms with E-state index in [1.54, 1.807) is 0 Å². The molecule has 0 aliphatic heterocycles. The minimum atomic E-state index is -0.157. The number of carbonyl (C=O) groups excluding carboxylic acids is 1. The number of carbonyl (C=O) groups is 1. The molecule has 0 heterocycles. The number of fused-ring (bicyclic) bond motifs is 1. The Morgan fingerprint density at radius 2 is 2.43 bits per heavy atom. The summed E-state index contributed by atoms with van der Waals surface area (Å²) in [7, 11) is 0. The minimum absolute atomic E-state index is 0.157. The lowest BCUT2D eigenvalue weighted by molar-refractivity contribution is -0.118. The fourth-order valence-electron chi connectivity index (χ4n) is 3.03. The minimum Gasteiger partial charge on any atom is -0.370 e. The van der Waals surface area contributed by atoms with Crippen LogP contribution in [0.3, 0.4) is 0 Å². The van der Waals surface area contributed by atoms with Crippen LogP contribution in [-0.4, -0.2) is 5.91 Å². The lowest BCUT2D eigenvalue weighted by atomic mass is 9.97. The first-order chi connectivity index (χ1) is 6.54.